The summed E-state index contributed by atoms with van der Waals surface area (Å²) in [4.78, 5) is 2.46. The molecule has 1 N–H and O–H groups in total. The average Bonchev–Trinajstić information content (AvgIpc) is 2.46. The molecule has 1 saturated carbocycles. The van der Waals surface area contributed by atoms with Gasteiger partial charge in [0.1, 0.15) is 11.6 Å². The first-order chi connectivity index (χ1) is 9.65. The lowest BCUT2D eigenvalue weighted by Crippen LogP contribution is -2.42. The summed E-state index contributed by atoms with van der Waals surface area (Å²) in [6, 6.07) is 4.55. The van der Waals surface area contributed by atoms with Gasteiger partial charge in [-0.15, -0.1) is 0 Å². The second-order valence-corrected chi connectivity index (χ2v) is 6.47. The summed E-state index contributed by atoms with van der Waals surface area (Å²) < 4.78 is 13.1. The summed E-state index contributed by atoms with van der Waals surface area (Å²) in [5.41, 5.74) is 0.848. The van der Waals surface area contributed by atoms with Crippen molar-refractivity contribution in [3.05, 3.63) is 29.6 Å². The van der Waals surface area contributed by atoms with Gasteiger partial charge < -0.3 is 5.11 Å². The molecule has 1 aliphatic heterocycles. The molecule has 20 heavy (non-hydrogen) atoms. The van der Waals surface area contributed by atoms with Gasteiger partial charge in [-0.2, -0.15) is 0 Å². The number of aromatic hydroxyl groups is 1. The molecule has 2 nitrogen and oxygen atoms in total. The molecule has 1 aromatic carbocycles. The molecule has 0 radical (unpaired) electrons. The van der Waals surface area contributed by atoms with Gasteiger partial charge in [-0.25, -0.2) is 4.39 Å². The molecule has 110 valence electrons. The number of hydrogen-bond donors (Lipinski definition) is 1. The SMILES string of the molecule is CC(c1ccc(F)cc1O)N1CCC2CCCCC2C1. The summed E-state index contributed by atoms with van der Waals surface area (Å²) in [5.74, 6) is 1.45. The first-order valence-electron chi connectivity index (χ1n) is 7.87. The first kappa shape index (κ1) is 13.9. The van der Waals surface area contributed by atoms with Gasteiger partial charge in [-0.1, -0.05) is 25.3 Å². The Morgan fingerprint density at radius 3 is 2.70 bits per heavy atom. The lowest BCUT2D eigenvalue weighted by atomic mass is 9.74. The van der Waals surface area contributed by atoms with Crippen molar-refractivity contribution in [2.24, 2.45) is 11.8 Å². The van der Waals surface area contributed by atoms with E-state index in [1.54, 1.807) is 6.07 Å². The molecular formula is C17H24FNO. The topological polar surface area (TPSA) is 23.5 Å². The van der Waals surface area contributed by atoms with Crippen LogP contribution in [0.15, 0.2) is 18.2 Å². The molecule has 0 aromatic heterocycles. The minimum Gasteiger partial charge on any atom is -0.508 e. The Labute approximate surface area is 120 Å². The summed E-state index contributed by atoms with van der Waals surface area (Å²) in [6.45, 7) is 4.35. The summed E-state index contributed by atoms with van der Waals surface area (Å²) in [6.07, 6.45) is 6.79. The van der Waals surface area contributed by atoms with Crippen molar-refractivity contribution in [2.75, 3.05) is 13.1 Å². The first-order valence-corrected chi connectivity index (χ1v) is 7.87. The van der Waals surface area contributed by atoms with Crippen molar-refractivity contribution in [1.82, 2.24) is 4.90 Å². The van der Waals surface area contributed by atoms with E-state index in [1.165, 1.54) is 44.2 Å². The van der Waals surface area contributed by atoms with Crippen LogP contribution < -0.4 is 0 Å². The fraction of sp³-hybridized carbons (Fsp3) is 0.647. The third-order valence-electron chi connectivity index (χ3n) is 5.31. The maximum absolute atomic E-state index is 13.1. The molecule has 0 amide bonds. The number of halogens is 1. The van der Waals surface area contributed by atoms with Crippen LogP contribution >= 0.6 is 0 Å². The Bertz CT molecular complexity index is 476. The summed E-state index contributed by atoms with van der Waals surface area (Å²) in [7, 11) is 0. The molecule has 1 saturated heterocycles. The lowest BCUT2D eigenvalue weighted by molar-refractivity contribution is 0.0609. The monoisotopic (exact) mass is 277 g/mol. The number of likely N-dealkylation sites (tertiary alicyclic amines) is 1. The second kappa shape index (κ2) is 5.72. The number of benzene rings is 1. The lowest BCUT2D eigenvalue weighted by Gasteiger charge is -2.43. The largest absolute Gasteiger partial charge is 0.508 e. The Balaban J connectivity index is 1.72. The van der Waals surface area contributed by atoms with Crippen molar-refractivity contribution in [2.45, 2.75) is 45.1 Å². The van der Waals surface area contributed by atoms with Crippen molar-refractivity contribution < 1.29 is 9.50 Å². The fourth-order valence-electron chi connectivity index (χ4n) is 4.05. The Hall–Kier alpha value is -1.09. The number of fused-ring (bicyclic) bond motifs is 1. The highest BCUT2D eigenvalue weighted by Gasteiger charge is 2.33. The van der Waals surface area contributed by atoms with E-state index in [0.29, 0.717) is 0 Å². The smallest absolute Gasteiger partial charge is 0.126 e. The average molecular weight is 277 g/mol. The molecule has 2 fully saturated rings. The predicted molar refractivity (Wildman–Crippen MR) is 78.1 cm³/mol. The molecule has 1 heterocycles. The molecule has 2 aliphatic rings. The van der Waals surface area contributed by atoms with Crippen LogP contribution in [0.3, 0.4) is 0 Å². The Kier molecular flexibility index (Phi) is 3.97. The highest BCUT2D eigenvalue weighted by Crippen LogP contribution is 2.39. The van der Waals surface area contributed by atoms with Gasteiger partial charge in [-0.3, -0.25) is 4.90 Å². The number of phenols is 1. The highest BCUT2D eigenvalue weighted by atomic mass is 19.1. The predicted octanol–water partition coefficient (Wildman–Crippen LogP) is 4.10. The quantitative estimate of drug-likeness (QED) is 0.879. The highest BCUT2D eigenvalue weighted by molar-refractivity contribution is 5.35. The van der Waals surface area contributed by atoms with E-state index in [1.807, 2.05) is 0 Å². The van der Waals surface area contributed by atoms with E-state index in [2.05, 4.69) is 11.8 Å². The maximum Gasteiger partial charge on any atom is 0.126 e. The van der Waals surface area contributed by atoms with Crippen LogP contribution in [-0.2, 0) is 0 Å². The molecule has 3 unspecified atom stereocenters. The maximum atomic E-state index is 13.1. The second-order valence-electron chi connectivity index (χ2n) is 6.47. The van der Waals surface area contributed by atoms with E-state index in [4.69, 9.17) is 0 Å². The van der Waals surface area contributed by atoms with Crippen molar-refractivity contribution >= 4 is 0 Å². The van der Waals surface area contributed by atoms with Gasteiger partial charge >= 0.3 is 0 Å². The molecular weight excluding hydrogens is 253 g/mol. The van der Waals surface area contributed by atoms with Gasteiger partial charge in [0.05, 0.1) is 0 Å². The summed E-state index contributed by atoms with van der Waals surface area (Å²) >= 11 is 0. The third kappa shape index (κ3) is 2.69. The van der Waals surface area contributed by atoms with Gasteiger partial charge in [0, 0.05) is 24.2 Å². The van der Waals surface area contributed by atoms with Crippen LogP contribution in [0, 0.1) is 17.7 Å². The molecule has 3 atom stereocenters. The molecule has 1 aliphatic carbocycles. The number of piperidine rings is 1. The molecule has 3 rings (SSSR count). The normalized spacial score (nSPS) is 28.9. The number of hydrogen-bond acceptors (Lipinski definition) is 2. The van der Waals surface area contributed by atoms with Crippen molar-refractivity contribution in [1.29, 1.82) is 0 Å². The number of rotatable bonds is 2. The molecule has 0 spiro atoms. The molecule has 3 heteroatoms. The van der Waals surface area contributed by atoms with E-state index >= 15 is 0 Å². The van der Waals surface area contributed by atoms with Crippen LogP contribution in [0.5, 0.6) is 5.75 Å². The van der Waals surface area contributed by atoms with E-state index in [9.17, 15) is 9.50 Å². The molecule has 0 bridgehead atoms. The third-order valence-corrected chi connectivity index (χ3v) is 5.31. The van der Waals surface area contributed by atoms with Gasteiger partial charge in [0.15, 0.2) is 0 Å². The number of phenolic OH excluding ortho intramolecular Hbond substituents is 1. The zero-order valence-corrected chi connectivity index (χ0v) is 12.2. The van der Waals surface area contributed by atoms with Gasteiger partial charge in [-0.05, 0) is 44.2 Å². The van der Waals surface area contributed by atoms with E-state index in [0.717, 1.165) is 30.5 Å². The van der Waals surface area contributed by atoms with Crippen LogP contribution in [0.4, 0.5) is 4.39 Å². The minimum absolute atomic E-state index is 0.0864. The fourth-order valence-corrected chi connectivity index (χ4v) is 4.05. The van der Waals surface area contributed by atoms with Crippen LogP contribution in [0.25, 0.3) is 0 Å². The van der Waals surface area contributed by atoms with E-state index < -0.39 is 0 Å². The van der Waals surface area contributed by atoms with Crippen LogP contribution in [-0.4, -0.2) is 23.1 Å². The van der Waals surface area contributed by atoms with Crippen LogP contribution in [0.1, 0.15) is 50.6 Å². The number of nitrogens with zero attached hydrogens (tertiary/aromatic N) is 1. The minimum atomic E-state index is -0.371. The molecule has 1 aromatic rings. The van der Waals surface area contributed by atoms with Gasteiger partial charge in [0.2, 0.25) is 0 Å². The standard InChI is InChI=1S/C17H24FNO/c1-12(16-7-6-15(18)10-17(16)20)19-9-8-13-4-2-3-5-14(13)11-19/h6-7,10,12-14,20H,2-5,8-9,11H2,1H3. The van der Waals surface area contributed by atoms with Gasteiger partial charge in [0.25, 0.3) is 0 Å². The Morgan fingerprint density at radius 1 is 1.20 bits per heavy atom. The van der Waals surface area contributed by atoms with Crippen molar-refractivity contribution in [3.63, 3.8) is 0 Å². The van der Waals surface area contributed by atoms with Crippen LogP contribution in [0.2, 0.25) is 0 Å². The zero-order chi connectivity index (χ0) is 14.1. The van der Waals surface area contributed by atoms with E-state index in [-0.39, 0.29) is 17.6 Å². The van der Waals surface area contributed by atoms with Crippen molar-refractivity contribution in [3.8, 4) is 5.75 Å². The zero-order valence-electron chi connectivity index (χ0n) is 12.2. The Morgan fingerprint density at radius 2 is 1.95 bits per heavy atom. The summed E-state index contributed by atoms with van der Waals surface area (Å²) in [5, 5.41) is 9.96.